The number of urea groups is 1. The molecule has 0 spiro atoms. The van der Waals surface area contributed by atoms with Crippen molar-refractivity contribution in [1.82, 2.24) is 10.7 Å². The third-order valence-electron chi connectivity index (χ3n) is 4.06. The van der Waals surface area contributed by atoms with E-state index in [0.717, 1.165) is 0 Å². The summed E-state index contributed by atoms with van der Waals surface area (Å²) >= 11 is 12.4. The lowest BCUT2D eigenvalue weighted by Crippen LogP contribution is -2.46. The van der Waals surface area contributed by atoms with Gasteiger partial charge in [0.25, 0.3) is 5.91 Å². The van der Waals surface area contributed by atoms with Crippen LogP contribution in [0.25, 0.3) is 0 Å². The van der Waals surface area contributed by atoms with E-state index in [-0.39, 0.29) is 34.0 Å². The summed E-state index contributed by atoms with van der Waals surface area (Å²) in [5.74, 6) is -1.54. The van der Waals surface area contributed by atoms with E-state index in [2.05, 4.69) is 15.8 Å². The molecule has 2 unspecified atom stereocenters. The van der Waals surface area contributed by atoms with Crippen molar-refractivity contribution in [2.45, 2.75) is 19.6 Å². The Morgan fingerprint density at radius 3 is 2.58 bits per heavy atom. The lowest BCUT2D eigenvalue weighted by molar-refractivity contribution is -0.113. The van der Waals surface area contributed by atoms with E-state index in [1.165, 1.54) is 31.2 Å². The van der Waals surface area contributed by atoms with Crippen LogP contribution in [-0.2, 0) is 4.79 Å². The number of aliphatic hydroxyl groups is 2. The maximum absolute atomic E-state index is 11.8. The van der Waals surface area contributed by atoms with Crippen molar-refractivity contribution >= 4 is 52.4 Å². The molecule has 1 heterocycles. The zero-order valence-corrected chi connectivity index (χ0v) is 17.8. The largest absolute Gasteiger partial charge is 0.434 e. The number of anilines is 1. The molecule has 1 aromatic rings. The number of hydrogen-bond donors (Lipinski definition) is 6. The van der Waals surface area contributed by atoms with Gasteiger partial charge in [0.1, 0.15) is 6.07 Å². The minimum atomic E-state index is -1.48. The Morgan fingerprint density at radius 1 is 1.42 bits per heavy atom. The number of benzene rings is 1. The van der Waals surface area contributed by atoms with E-state index in [1.807, 2.05) is 0 Å². The fourth-order valence-corrected chi connectivity index (χ4v) is 3.08. The van der Waals surface area contributed by atoms with Crippen molar-refractivity contribution in [2.24, 2.45) is 11.0 Å². The minimum Gasteiger partial charge on any atom is -0.434 e. The average Bonchev–Trinajstić information content (AvgIpc) is 2.70. The molecule has 1 aliphatic heterocycles. The number of imide groups is 1. The first-order valence-electron chi connectivity index (χ1n) is 8.66. The van der Waals surface area contributed by atoms with Crippen LogP contribution >= 0.6 is 23.2 Å². The molecular weight excluding hydrogens is 451 g/mol. The van der Waals surface area contributed by atoms with Gasteiger partial charge in [0.2, 0.25) is 5.90 Å². The van der Waals surface area contributed by atoms with Crippen LogP contribution in [0.2, 0.25) is 10.0 Å². The number of amides is 3. The summed E-state index contributed by atoms with van der Waals surface area (Å²) in [6, 6.07) is 2.87. The smallest absolute Gasteiger partial charge is 0.326 e. The minimum absolute atomic E-state index is 0.00553. The molecule has 1 aromatic carbocycles. The lowest BCUT2D eigenvalue weighted by Gasteiger charge is -2.32. The first kappa shape index (κ1) is 24.1. The van der Waals surface area contributed by atoms with Crippen LogP contribution in [0.15, 0.2) is 28.9 Å². The molecule has 0 bridgehead atoms. The lowest BCUT2D eigenvalue weighted by atomic mass is 9.92. The summed E-state index contributed by atoms with van der Waals surface area (Å²) in [6.07, 6.45) is 1.44. The van der Waals surface area contributed by atoms with Gasteiger partial charge in [-0.05, 0) is 24.6 Å². The van der Waals surface area contributed by atoms with Crippen LogP contribution in [0.3, 0.4) is 0 Å². The quantitative estimate of drug-likeness (QED) is 0.355. The van der Waals surface area contributed by atoms with Crippen LogP contribution in [0.5, 0.6) is 5.75 Å². The van der Waals surface area contributed by atoms with Crippen molar-refractivity contribution in [3.63, 3.8) is 0 Å². The van der Waals surface area contributed by atoms with Gasteiger partial charge < -0.3 is 20.3 Å². The number of ether oxygens (including phenoxy) is 1. The number of aliphatic hydroxyl groups excluding tert-OH is 1. The number of carbonyl (C=O) groups excluding carboxylic acids is 2. The molecule has 2 atom stereocenters. The van der Waals surface area contributed by atoms with Gasteiger partial charge in [0.15, 0.2) is 17.2 Å². The summed E-state index contributed by atoms with van der Waals surface area (Å²) < 4.78 is 5.61. The Bertz CT molecular complexity index is 1010. The second-order valence-electron chi connectivity index (χ2n) is 6.58. The van der Waals surface area contributed by atoms with E-state index in [0.29, 0.717) is 5.57 Å². The number of carbonyl (C=O) groups is 2. The molecule has 13 heteroatoms. The fourth-order valence-electron chi connectivity index (χ4n) is 2.52. The monoisotopic (exact) mass is 468 g/mol. The molecule has 6 N–H and O–H groups in total. The van der Waals surface area contributed by atoms with Crippen molar-refractivity contribution < 1.29 is 24.5 Å². The zero-order chi connectivity index (χ0) is 23.3. The molecule has 3 amide bonds. The molecule has 1 aliphatic rings. The number of halogens is 2. The Hall–Kier alpha value is -3.17. The van der Waals surface area contributed by atoms with Crippen LogP contribution in [0, 0.1) is 22.7 Å². The average molecular weight is 469 g/mol. The summed E-state index contributed by atoms with van der Waals surface area (Å²) in [5, 5.41) is 43.2. The molecule has 0 fully saturated rings. The predicted octanol–water partition coefficient (Wildman–Crippen LogP) is 1.74. The summed E-state index contributed by atoms with van der Waals surface area (Å²) in [7, 11) is 0. The van der Waals surface area contributed by atoms with Gasteiger partial charge in [-0.1, -0.05) is 30.1 Å². The summed E-state index contributed by atoms with van der Waals surface area (Å²) in [6.45, 7) is 2.97. The highest BCUT2D eigenvalue weighted by Crippen LogP contribution is 2.37. The molecule has 164 valence electrons. The predicted molar refractivity (Wildman–Crippen MR) is 113 cm³/mol. The number of nitrogens with one attached hydrogen (secondary N) is 4. The normalized spacial score (nSPS) is 18.5. The zero-order valence-electron chi connectivity index (χ0n) is 16.3. The highest BCUT2D eigenvalue weighted by molar-refractivity contribution is 6.46. The molecule has 0 radical (unpaired) electrons. The molecule has 0 aliphatic carbocycles. The van der Waals surface area contributed by atoms with E-state index in [1.54, 1.807) is 12.2 Å². The number of nitrogens with zero attached hydrogens (tertiary/aromatic N) is 2. The number of rotatable bonds is 5. The van der Waals surface area contributed by atoms with Crippen LogP contribution in [0.4, 0.5) is 10.5 Å². The van der Waals surface area contributed by atoms with Gasteiger partial charge in [-0.25, -0.2) is 4.79 Å². The summed E-state index contributed by atoms with van der Waals surface area (Å²) in [4.78, 5) is 23.2. The number of hydrogen-bond acceptors (Lipinski definition) is 9. The Labute approximate surface area is 186 Å². The van der Waals surface area contributed by atoms with Gasteiger partial charge in [0, 0.05) is 24.3 Å². The molecule has 31 heavy (non-hydrogen) atoms. The third-order valence-corrected chi connectivity index (χ3v) is 4.62. The first-order chi connectivity index (χ1) is 14.5. The molecule has 2 rings (SSSR count). The van der Waals surface area contributed by atoms with Crippen molar-refractivity contribution in [3.8, 4) is 11.8 Å². The SMILES string of the molecule is CC(CO)C1=CC(Oc2c(Cl)cc(NC(=O)NC(=O)C(=N)C#N)cc2Cl)=NNC1(C)O. The van der Waals surface area contributed by atoms with E-state index in [4.69, 9.17) is 38.6 Å². The second-order valence-corrected chi connectivity index (χ2v) is 7.40. The van der Waals surface area contributed by atoms with Crippen LogP contribution in [0.1, 0.15) is 13.8 Å². The molecule has 0 aromatic heterocycles. The van der Waals surface area contributed by atoms with E-state index < -0.39 is 29.3 Å². The molecule has 11 nitrogen and oxygen atoms in total. The Balaban J connectivity index is 2.18. The number of nitriles is 1. The van der Waals surface area contributed by atoms with Gasteiger partial charge in [-0.15, -0.1) is 5.10 Å². The maximum Gasteiger partial charge on any atom is 0.326 e. The van der Waals surface area contributed by atoms with E-state index >= 15 is 0 Å². The van der Waals surface area contributed by atoms with Gasteiger partial charge in [0.05, 0.1) is 10.0 Å². The standard InChI is InChI=1S/C18H18Cl2N6O5/c1-8(7-27)10-5-14(25-26-18(10,2)30)31-15-11(19)3-9(4-12(15)20)23-17(29)24-16(28)13(22)6-21/h3-5,8,22,26-27,30H,7H2,1-2H3,(H2,23,24,28,29). The van der Waals surface area contributed by atoms with Crippen molar-refractivity contribution in [2.75, 3.05) is 11.9 Å². The van der Waals surface area contributed by atoms with Crippen molar-refractivity contribution in [1.29, 1.82) is 10.7 Å². The number of hydrazone groups is 1. The molecule has 0 saturated carbocycles. The Kier molecular flexibility index (Phi) is 7.59. The van der Waals surface area contributed by atoms with Crippen LogP contribution in [-0.4, -0.2) is 46.1 Å². The third kappa shape index (κ3) is 5.93. The van der Waals surface area contributed by atoms with E-state index in [9.17, 15) is 19.8 Å². The maximum atomic E-state index is 11.8. The topological polar surface area (TPSA) is 180 Å². The molecule has 0 saturated heterocycles. The highest BCUT2D eigenvalue weighted by atomic mass is 35.5. The Morgan fingerprint density at radius 2 is 2.03 bits per heavy atom. The van der Waals surface area contributed by atoms with Gasteiger partial charge in [-0.3, -0.25) is 20.9 Å². The first-order valence-corrected chi connectivity index (χ1v) is 9.42. The second kappa shape index (κ2) is 9.76. The van der Waals surface area contributed by atoms with Gasteiger partial charge >= 0.3 is 6.03 Å². The van der Waals surface area contributed by atoms with Gasteiger partial charge in [-0.2, -0.15) is 5.26 Å². The summed E-state index contributed by atoms with van der Waals surface area (Å²) in [5.41, 5.74) is 0.634. The highest BCUT2D eigenvalue weighted by Gasteiger charge is 2.33. The van der Waals surface area contributed by atoms with Crippen molar-refractivity contribution in [3.05, 3.63) is 33.8 Å². The molecular formula is C18H18Cl2N6O5. The van der Waals surface area contributed by atoms with Crippen LogP contribution < -0.4 is 20.8 Å². The fraction of sp³-hybridized carbons (Fsp3) is 0.278.